The zero-order valence-electron chi connectivity index (χ0n) is 10.4. The maximum Gasteiger partial charge on any atom is 0.387 e. The predicted octanol–water partition coefficient (Wildman–Crippen LogP) is 1.56. The smallest absolute Gasteiger partial charge is 0.387 e. The van der Waals surface area contributed by atoms with Crippen LogP contribution in [0.1, 0.15) is 24.9 Å². The van der Waals surface area contributed by atoms with Crippen molar-refractivity contribution < 1.29 is 23.0 Å². The lowest BCUT2D eigenvalue weighted by Gasteiger charge is -2.15. The summed E-state index contributed by atoms with van der Waals surface area (Å²) in [4.78, 5) is 10.8. The molecule has 0 spiro atoms. The highest BCUT2D eigenvalue weighted by Crippen LogP contribution is 2.31. The Morgan fingerprint density at radius 3 is 2.58 bits per heavy atom. The highest BCUT2D eigenvalue weighted by molar-refractivity contribution is 5.74. The van der Waals surface area contributed by atoms with Gasteiger partial charge in [0.25, 0.3) is 0 Å². The van der Waals surface area contributed by atoms with Gasteiger partial charge in [0.2, 0.25) is 5.91 Å². The molecule has 19 heavy (non-hydrogen) atoms. The van der Waals surface area contributed by atoms with Gasteiger partial charge in [-0.3, -0.25) is 4.79 Å². The van der Waals surface area contributed by atoms with Crippen molar-refractivity contribution in [2.24, 2.45) is 11.5 Å². The number of primary amides is 1. The molecule has 0 radical (unpaired) electrons. The summed E-state index contributed by atoms with van der Waals surface area (Å²) in [6.07, 6.45) is -0.0411. The van der Waals surface area contributed by atoms with Crippen molar-refractivity contribution in [1.82, 2.24) is 0 Å². The van der Waals surface area contributed by atoms with Crippen molar-refractivity contribution in [3.8, 4) is 11.5 Å². The Bertz CT molecular complexity index is 441. The first-order valence-electron chi connectivity index (χ1n) is 5.69. The fourth-order valence-electron chi connectivity index (χ4n) is 1.55. The summed E-state index contributed by atoms with van der Waals surface area (Å²) in [7, 11) is 0. The summed E-state index contributed by atoms with van der Waals surface area (Å²) in [6, 6.07) is 3.67. The summed E-state index contributed by atoms with van der Waals surface area (Å²) < 4.78 is 33.9. The van der Waals surface area contributed by atoms with E-state index in [0.29, 0.717) is 5.56 Å². The third kappa shape index (κ3) is 4.70. The third-order valence-electron chi connectivity index (χ3n) is 2.33. The number of hydrogen-bond acceptors (Lipinski definition) is 4. The molecule has 1 rings (SSSR count). The van der Waals surface area contributed by atoms with Gasteiger partial charge in [-0.2, -0.15) is 8.78 Å². The molecule has 0 aliphatic rings. The number of carbonyl (C=O) groups is 1. The first-order chi connectivity index (χ1) is 8.93. The topological polar surface area (TPSA) is 87.6 Å². The van der Waals surface area contributed by atoms with Crippen molar-refractivity contribution in [2.75, 3.05) is 6.61 Å². The minimum Gasteiger partial charge on any atom is -0.490 e. The molecule has 1 unspecified atom stereocenters. The van der Waals surface area contributed by atoms with Gasteiger partial charge >= 0.3 is 6.61 Å². The van der Waals surface area contributed by atoms with Gasteiger partial charge < -0.3 is 20.9 Å². The fraction of sp³-hybridized carbons (Fsp3) is 0.417. The number of hydrogen-bond donors (Lipinski definition) is 2. The lowest BCUT2D eigenvalue weighted by Crippen LogP contribution is -2.20. The zero-order chi connectivity index (χ0) is 14.4. The molecule has 0 saturated heterocycles. The van der Waals surface area contributed by atoms with Crippen LogP contribution in [0, 0.1) is 0 Å². The molecule has 0 saturated carbocycles. The standard InChI is InChI=1S/C12H16F2N2O3/c1-2-18-10-5-7(8(15)6-11(16)17)3-4-9(10)19-12(13)14/h3-5,8,12H,2,6,15H2,1H3,(H2,16,17). The van der Waals surface area contributed by atoms with Crippen LogP contribution in [0.2, 0.25) is 0 Å². The number of alkyl halides is 2. The number of benzene rings is 1. The average Bonchev–Trinajstić information content (AvgIpc) is 2.30. The zero-order valence-corrected chi connectivity index (χ0v) is 10.4. The van der Waals surface area contributed by atoms with Crippen molar-refractivity contribution >= 4 is 5.91 Å². The second kappa shape index (κ2) is 6.89. The summed E-state index contributed by atoms with van der Waals surface area (Å²) in [6.45, 7) is -0.944. The molecule has 0 aromatic heterocycles. The quantitative estimate of drug-likeness (QED) is 0.789. The summed E-state index contributed by atoms with van der Waals surface area (Å²) in [5, 5.41) is 0. The molecule has 1 atom stereocenters. The van der Waals surface area contributed by atoms with E-state index in [9.17, 15) is 13.6 Å². The van der Waals surface area contributed by atoms with Crippen LogP contribution in [0.3, 0.4) is 0 Å². The number of amides is 1. The third-order valence-corrected chi connectivity index (χ3v) is 2.33. The van der Waals surface area contributed by atoms with Crippen LogP contribution >= 0.6 is 0 Å². The van der Waals surface area contributed by atoms with Crippen LogP contribution in [-0.4, -0.2) is 19.1 Å². The Kier molecular flexibility index (Phi) is 5.50. The van der Waals surface area contributed by atoms with E-state index in [2.05, 4.69) is 4.74 Å². The number of halogens is 2. The molecule has 1 aromatic rings. The number of rotatable bonds is 7. The van der Waals surface area contributed by atoms with E-state index in [1.165, 1.54) is 18.2 Å². The molecule has 1 amide bonds. The number of nitrogens with two attached hydrogens (primary N) is 2. The Morgan fingerprint density at radius 2 is 2.05 bits per heavy atom. The molecular formula is C12H16F2N2O3. The Balaban J connectivity index is 2.97. The predicted molar refractivity (Wildman–Crippen MR) is 65.0 cm³/mol. The SMILES string of the molecule is CCOc1cc(C(N)CC(N)=O)ccc1OC(F)F. The molecule has 106 valence electrons. The number of carbonyl (C=O) groups excluding carboxylic acids is 1. The maximum atomic E-state index is 12.2. The second-order valence-electron chi connectivity index (χ2n) is 3.79. The molecule has 0 aliphatic carbocycles. The van der Waals surface area contributed by atoms with Crippen LogP contribution in [-0.2, 0) is 4.79 Å². The van der Waals surface area contributed by atoms with E-state index in [1.807, 2.05) is 0 Å². The van der Waals surface area contributed by atoms with E-state index in [-0.39, 0.29) is 24.5 Å². The Morgan fingerprint density at radius 1 is 1.37 bits per heavy atom. The van der Waals surface area contributed by atoms with Crippen molar-refractivity contribution in [3.05, 3.63) is 23.8 Å². The molecule has 0 fully saturated rings. The van der Waals surface area contributed by atoms with Crippen molar-refractivity contribution in [2.45, 2.75) is 26.0 Å². The molecule has 4 N–H and O–H groups in total. The number of ether oxygens (including phenoxy) is 2. The average molecular weight is 274 g/mol. The van der Waals surface area contributed by atoms with Crippen LogP contribution in [0.5, 0.6) is 11.5 Å². The minimum atomic E-state index is -2.94. The van der Waals surface area contributed by atoms with Gasteiger partial charge in [0.15, 0.2) is 11.5 Å². The molecule has 0 aliphatic heterocycles. The Labute approximate surface area is 109 Å². The lowest BCUT2D eigenvalue weighted by molar-refractivity contribution is -0.118. The summed E-state index contributed by atoms with van der Waals surface area (Å²) >= 11 is 0. The van der Waals surface area contributed by atoms with Gasteiger partial charge in [0, 0.05) is 12.5 Å². The van der Waals surface area contributed by atoms with Crippen LogP contribution in [0.4, 0.5) is 8.78 Å². The first kappa shape index (κ1) is 15.2. The largest absolute Gasteiger partial charge is 0.490 e. The monoisotopic (exact) mass is 274 g/mol. The minimum absolute atomic E-state index is 0.0411. The fourth-order valence-corrected chi connectivity index (χ4v) is 1.55. The van der Waals surface area contributed by atoms with Crippen LogP contribution in [0.15, 0.2) is 18.2 Å². The van der Waals surface area contributed by atoms with Gasteiger partial charge in [-0.1, -0.05) is 6.07 Å². The van der Waals surface area contributed by atoms with Gasteiger partial charge in [0.1, 0.15) is 0 Å². The molecule has 0 bridgehead atoms. The van der Waals surface area contributed by atoms with Crippen LogP contribution < -0.4 is 20.9 Å². The Hall–Kier alpha value is -1.89. The first-order valence-corrected chi connectivity index (χ1v) is 5.69. The normalized spacial score (nSPS) is 12.3. The highest BCUT2D eigenvalue weighted by Gasteiger charge is 2.15. The molecule has 0 heterocycles. The molecule has 7 heteroatoms. The molecule has 5 nitrogen and oxygen atoms in total. The van der Waals surface area contributed by atoms with Gasteiger partial charge in [-0.25, -0.2) is 0 Å². The van der Waals surface area contributed by atoms with Crippen molar-refractivity contribution in [1.29, 1.82) is 0 Å². The van der Waals surface area contributed by atoms with Gasteiger partial charge in [0.05, 0.1) is 6.61 Å². The van der Waals surface area contributed by atoms with E-state index in [0.717, 1.165) is 0 Å². The second-order valence-corrected chi connectivity index (χ2v) is 3.79. The lowest BCUT2D eigenvalue weighted by atomic mass is 10.0. The van der Waals surface area contributed by atoms with Gasteiger partial charge in [-0.05, 0) is 24.6 Å². The molecular weight excluding hydrogens is 258 g/mol. The van der Waals surface area contributed by atoms with Gasteiger partial charge in [-0.15, -0.1) is 0 Å². The maximum absolute atomic E-state index is 12.2. The molecule has 1 aromatic carbocycles. The highest BCUT2D eigenvalue weighted by atomic mass is 19.3. The van der Waals surface area contributed by atoms with E-state index < -0.39 is 18.6 Å². The summed E-state index contributed by atoms with van der Waals surface area (Å²) in [5.41, 5.74) is 11.4. The van der Waals surface area contributed by atoms with Crippen LogP contribution in [0.25, 0.3) is 0 Å². The van der Waals surface area contributed by atoms with E-state index in [4.69, 9.17) is 16.2 Å². The van der Waals surface area contributed by atoms with Crippen molar-refractivity contribution in [3.63, 3.8) is 0 Å². The van der Waals surface area contributed by atoms with E-state index in [1.54, 1.807) is 6.92 Å². The summed E-state index contributed by atoms with van der Waals surface area (Å²) in [5.74, 6) is -0.467. The van der Waals surface area contributed by atoms with E-state index >= 15 is 0 Å².